The molecule has 0 bridgehead atoms. The van der Waals surface area contributed by atoms with E-state index < -0.39 is 23.9 Å². The average Bonchev–Trinajstić information content (AvgIpc) is 2.08. The summed E-state index contributed by atoms with van der Waals surface area (Å²) in [6, 6.07) is -1.84. The van der Waals surface area contributed by atoms with Gasteiger partial charge in [0.15, 0.2) is 0 Å². The summed E-state index contributed by atoms with van der Waals surface area (Å²) in [5.41, 5.74) is 10.0. The van der Waals surface area contributed by atoms with Gasteiger partial charge in [-0.15, -0.1) is 11.8 Å². The molecule has 0 aliphatic carbocycles. The van der Waals surface area contributed by atoms with E-state index in [0.717, 1.165) is 4.90 Å². The highest BCUT2D eigenvalue weighted by atomic mass is 32.2. The van der Waals surface area contributed by atoms with E-state index >= 15 is 0 Å². The molecule has 2 unspecified atom stereocenters. The first-order valence-electron chi connectivity index (χ1n) is 3.98. The first kappa shape index (κ1) is 10.8. The molecule has 4 amide bonds. The number of amides is 4. The van der Waals surface area contributed by atoms with Crippen molar-refractivity contribution in [1.29, 1.82) is 0 Å². The number of nitrogens with zero attached hydrogens (tertiary/aromatic N) is 1. The van der Waals surface area contributed by atoms with Crippen LogP contribution in [0.3, 0.4) is 0 Å². The lowest BCUT2D eigenvalue weighted by Gasteiger charge is -2.33. The topological polar surface area (TPSA) is 106 Å². The van der Waals surface area contributed by atoms with Gasteiger partial charge in [0, 0.05) is 5.75 Å². The Labute approximate surface area is 85.0 Å². The van der Waals surface area contributed by atoms with Gasteiger partial charge in [0.1, 0.15) is 6.04 Å². The third-order valence-electron chi connectivity index (χ3n) is 1.97. The Morgan fingerprint density at radius 2 is 2.07 bits per heavy atom. The van der Waals surface area contributed by atoms with E-state index in [0.29, 0.717) is 5.75 Å². The van der Waals surface area contributed by atoms with Crippen molar-refractivity contribution >= 4 is 29.6 Å². The molecule has 0 aromatic carbocycles. The Bertz CT molecular complexity index is 294. The monoisotopic (exact) mass is 217 g/mol. The second-order valence-corrected chi connectivity index (χ2v) is 4.31. The molecule has 6 nitrogen and oxygen atoms in total. The summed E-state index contributed by atoms with van der Waals surface area (Å²) in [6.07, 6.45) is 0. The van der Waals surface area contributed by atoms with Crippen molar-refractivity contribution in [3.8, 4) is 0 Å². The third kappa shape index (κ3) is 1.82. The first-order valence-corrected chi connectivity index (χ1v) is 5.03. The quantitative estimate of drug-likeness (QED) is 0.580. The summed E-state index contributed by atoms with van der Waals surface area (Å²) in [5.74, 6) is -0.861. The van der Waals surface area contributed by atoms with Gasteiger partial charge < -0.3 is 11.5 Å². The van der Waals surface area contributed by atoms with Crippen LogP contribution in [0.15, 0.2) is 0 Å². The first-order chi connectivity index (χ1) is 6.45. The van der Waals surface area contributed by atoms with Gasteiger partial charge >= 0.3 is 6.03 Å². The molecule has 0 saturated carbocycles. The van der Waals surface area contributed by atoms with E-state index in [2.05, 4.69) is 0 Å². The Morgan fingerprint density at radius 1 is 1.50 bits per heavy atom. The van der Waals surface area contributed by atoms with E-state index in [1.165, 1.54) is 11.8 Å². The lowest BCUT2D eigenvalue weighted by atomic mass is 10.2. The third-order valence-corrected chi connectivity index (χ3v) is 3.18. The van der Waals surface area contributed by atoms with Crippen molar-refractivity contribution in [1.82, 2.24) is 4.90 Å². The number of nitrogens with two attached hydrogens (primary N) is 2. The van der Waals surface area contributed by atoms with E-state index in [-0.39, 0.29) is 5.25 Å². The number of primary amides is 2. The molecule has 4 N–H and O–H groups in total. The van der Waals surface area contributed by atoms with Crippen LogP contribution in [0.2, 0.25) is 0 Å². The molecule has 78 valence electrons. The van der Waals surface area contributed by atoms with Crippen LogP contribution in [0.1, 0.15) is 6.92 Å². The van der Waals surface area contributed by atoms with E-state index in [1.54, 1.807) is 6.92 Å². The summed E-state index contributed by atoms with van der Waals surface area (Å²) in [4.78, 5) is 34.1. The minimum atomic E-state index is -0.925. The van der Waals surface area contributed by atoms with Gasteiger partial charge in [-0.1, -0.05) is 0 Å². The van der Waals surface area contributed by atoms with Crippen molar-refractivity contribution in [2.45, 2.75) is 18.2 Å². The summed E-state index contributed by atoms with van der Waals surface area (Å²) < 4.78 is 0. The van der Waals surface area contributed by atoms with Crippen LogP contribution in [0, 0.1) is 0 Å². The van der Waals surface area contributed by atoms with Crippen LogP contribution in [-0.4, -0.2) is 39.8 Å². The summed E-state index contributed by atoms with van der Waals surface area (Å²) in [5, 5.41) is -0.363. The zero-order chi connectivity index (χ0) is 10.9. The number of urea groups is 1. The smallest absolute Gasteiger partial charge is 0.322 e. The number of hydrogen-bond donors (Lipinski definition) is 2. The predicted molar refractivity (Wildman–Crippen MR) is 51.3 cm³/mol. The lowest BCUT2D eigenvalue weighted by molar-refractivity contribution is -0.135. The van der Waals surface area contributed by atoms with Gasteiger partial charge in [-0.2, -0.15) is 0 Å². The molecule has 1 fully saturated rings. The number of imide groups is 1. The minimum Gasteiger partial charge on any atom is -0.368 e. The van der Waals surface area contributed by atoms with Crippen molar-refractivity contribution in [2.75, 3.05) is 5.75 Å². The second-order valence-electron chi connectivity index (χ2n) is 2.94. The molecule has 0 aromatic heterocycles. The lowest BCUT2D eigenvalue weighted by Crippen LogP contribution is -2.59. The fraction of sp³-hybridized carbons (Fsp3) is 0.571. The summed E-state index contributed by atoms with van der Waals surface area (Å²) >= 11 is 1.28. The Balaban J connectivity index is 2.93. The van der Waals surface area contributed by atoms with Gasteiger partial charge in [0.25, 0.3) is 0 Å². The van der Waals surface area contributed by atoms with Crippen LogP contribution < -0.4 is 11.5 Å². The Morgan fingerprint density at radius 3 is 2.50 bits per heavy atom. The molecule has 0 radical (unpaired) electrons. The zero-order valence-electron chi connectivity index (χ0n) is 7.60. The van der Waals surface area contributed by atoms with Crippen molar-refractivity contribution in [3.05, 3.63) is 0 Å². The average molecular weight is 217 g/mol. The normalized spacial score (nSPS) is 27.5. The largest absolute Gasteiger partial charge is 0.368 e. The molecule has 1 aliphatic heterocycles. The van der Waals surface area contributed by atoms with Crippen molar-refractivity contribution in [2.24, 2.45) is 11.5 Å². The van der Waals surface area contributed by atoms with Crippen LogP contribution in [0.5, 0.6) is 0 Å². The Kier molecular flexibility index (Phi) is 3.00. The number of hydrogen-bond acceptors (Lipinski definition) is 4. The number of thioether (sulfide) groups is 1. The second kappa shape index (κ2) is 3.87. The van der Waals surface area contributed by atoms with E-state index in [4.69, 9.17) is 11.5 Å². The van der Waals surface area contributed by atoms with Crippen LogP contribution in [0.25, 0.3) is 0 Å². The van der Waals surface area contributed by atoms with Crippen molar-refractivity contribution < 1.29 is 14.4 Å². The van der Waals surface area contributed by atoms with Crippen LogP contribution >= 0.6 is 11.8 Å². The van der Waals surface area contributed by atoms with Crippen molar-refractivity contribution in [3.63, 3.8) is 0 Å². The highest BCUT2D eigenvalue weighted by molar-refractivity contribution is 8.00. The van der Waals surface area contributed by atoms with Gasteiger partial charge in [-0.3, -0.25) is 14.5 Å². The highest BCUT2D eigenvalue weighted by Gasteiger charge is 2.39. The number of carbonyl (C=O) groups is 3. The number of carbonyl (C=O) groups excluding carboxylic acids is 3. The molecule has 1 rings (SSSR count). The highest BCUT2D eigenvalue weighted by Crippen LogP contribution is 2.23. The molecule has 1 saturated heterocycles. The molecule has 14 heavy (non-hydrogen) atoms. The maximum Gasteiger partial charge on any atom is 0.322 e. The molecule has 7 heteroatoms. The van der Waals surface area contributed by atoms with Crippen LogP contribution in [0.4, 0.5) is 4.79 Å². The molecular weight excluding hydrogens is 206 g/mol. The van der Waals surface area contributed by atoms with E-state index in [1.807, 2.05) is 0 Å². The Hall–Kier alpha value is -1.24. The minimum absolute atomic E-state index is 0.311. The van der Waals surface area contributed by atoms with Crippen LogP contribution in [-0.2, 0) is 9.59 Å². The fourth-order valence-corrected chi connectivity index (χ4v) is 2.24. The van der Waals surface area contributed by atoms with Gasteiger partial charge in [0.05, 0.1) is 5.25 Å². The molecule has 0 aromatic rings. The van der Waals surface area contributed by atoms with Gasteiger partial charge in [-0.25, -0.2) is 4.79 Å². The molecule has 0 spiro atoms. The fourth-order valence-electron chi connectivity index (χ4n) is 1.20. The molecular formula is C7H11N3O3S. The summed E-state index contributed by atoms with van der Waals surface area (Å²) in [6.45, 7) is 1.65. The summed E-state index contributed by atoms with van der Waals surface area (Å²) in [7, 11) is 0. The number of rotatable bonds is 1. The van der Waals surface area contributed by atoms with Gasteiger partial charge in [-0.05, 0) is 6.92 Å². The van der Waals surface area contributed by atoms with Gasteiger partial charge in [0.2, 0.25) is 11.8 Å². The SMILES string of the molecule is CC1SCC(C(N)=O)N(C(N)=O)C1=O. The molecule has 1 aliphatic rings. The predicted octanol–water partition coefficient (Wildman–Crippen LogP) is -1.12. The molecule has 1 heterocycles. The van der Waals surface area contributed by atoms with E-state index in [9.17, 15) is 14.4 Å². The maximum atomic E-state index is 11.5. The standard InChI is InChI=1S/C7H11N3O3S/c1-3-6(12)10(7(9)13)4(2-14-3)5(8)11/h3-4H,2H2,1H3,(H2,8,11)(H2,9,13). The maximum absolute atomic E-state index is 11.5. The molecule has 2 atom stereocenters. The zero-order valence-corrected chi connectivity index (χ0v) is 8.41.